The zero-order chi connectivity index (χ0) is 12.5. The van der Waals surface area contributed by atoms with Crippen LogP contribution in [-0.4, -0.2) is 27.4 Å². The van der Waals surface area contributed by atoms with E-state index in [2.05, 4.69) is 16.8 Å². The van der Waals surface area contributed by atoms with Gasteiger partial charge in [0.05, 0.1) is 0 Å². The summed E-state index contributed by atoms with van der Waals surface area (Å²) in [7, 11) is 0. The molecule has 1 fully saturated rings. The molecule has 2 aromatic rings. The molecule has 3 rings (SSSR count). The molecule has 1 aliphatic rings. The molecule has 0 radical (unpaired) electrons. The molecular weight excluding hydrogens is 246 g/mol. The highest BCUT2D eigenvalue weighted by atomic mass is 32.1. The second-order valence-corrected chi connectivity index (χ2v) is 6.21. The maximum atomic E-state index is 11.7. The average Bonchev–Trinajstić information content (AvgIpc) is 2.73. The molecule has 1 aliphatic heterocycles. The Morgan fingerprint density at radius 3 is 3.22 bits per heavy atom. The minimum absolute atomic E-state index is 0.00881. The molecule has 1 atom stereocenters. The summed E-state index contributed by atoms with van der Waals surface area (Å²) in [6.07, 6.45) is 6.14. The maximum Gasteiger partial charge on any atom is 0.258 e. The second kappa shape index (κ2) is 4.82. The van der Waals surface area contributed by atoms with E-state index in [1.165, 1.54) is 30.3 Å². The molecule has 2 aromatic heterocycles. The monoisotopic (exact) mass is 263 g/mol. The quantitative estimate of drug-likeness (QED) is 0.831. The van der Waals surface area contributed by atoms with E-state index in [-0.39, 0.29) is 5.56 Å². The third kappa shape index (κ3) is 2.33. The van der Waals surface area contributed by atoms with Crippen molar-refractivity contribution in [3.05, 3.63) is 33.7 Å². The molecule has 0 bridgehead atoms. The van der Waals surface area contributed by atoms with Crippen LogP contribution in [0.15, 0.2) is 23.3 Å². The molecule has 5 heteroatoms. The van der Waals surface area contributed by atoms with Gasteiger partial charge in [0.25, 0.3) is 5.56 Å². The summed E-state index contributed by atoms with van der Waals surface area (Å²) in [6, 6.07) is 1.51. The number of likely N-dealkylation sites (tertiary alicyclic amines) is 1. The van der Waals surface area contributed by atoms with Crippen molar-refractivity contribution < 1.29 is 0 Å². The van der Waals surface area contributed by atoms with Crippen LogP contribution in [0.5, 0.6) is 0 Å². The van der Waals surface area contributed by atoms with Gasteiger partial charge in [-0.2, -0.15) is 0 Å². The number of nitrogens with zero attached hydrogens (tertiary/aromatic N) is 3. The summed E-state index contributed by atoms with van der Waals surface area (Å²) in [5.41, 5.74) is 0.00881. The highest BCUT2D eigenvalue weighted by Crippen LogP contribution is 2.21. The van der Waals surface area contributed by atoms with Gasteiger partial charge < -0.3 is 0 Å². The van der Waals surface area contributed by atoms with Gasteiger partial charge in [-0.15, -0.1) is 0 Å². The van der Waals surface area contributed by atoms with Crippen LogP contribution in [-0.2, 0) is 6.54 Å². The SMILES string of the molecule is CC1CCCN(Cc2cn3c(=O)ccnc3s2)C1. The summed E-state index contributed by atoms with van der Waals surface area (Å²) in [5.74, 6) is 0.786. The molecule has 0 N–H and O–H groups in total. The van der Waals surface area contributed by atoms with Crippen molar-refractivity contribution in [1.29, 1.82) is 0 Å². The van der Waals surface area contributed by atoms with E-state index in [9.17, 15) is 4.79 Å². The third-order valence-corrected chi connectivity index (χ3v) is 4.44. The molecule has 96 valence electrons. The van der Waals surface area contributed by atoms with Crippen molar-refractivity contribution in [3.8, 4) is 0 Å². The van der Waals surface area contributed by atoms with Gasteiger partial charge in [-0.1, -0.05) is 18.3 Å². The molecule has 4 nitrogen and oxygen atoms in total. The standard InChI is InChI=1S/C13H17N3OS/c1-10-3-2-6-15(7-10)8-11-9-16-12(17)4-5-14-13(16)18-11/h4-5,9-10H,2-3,6-8H2,1H3. The van der Waals surface area contributed by atoms with Crippen LogP contribution in [0.2, 0.25) is 0 Å². The number of fused-ring (bicyclic) bond motifs is 1. The van der Waals surface area contributed by atoms with E-state index in [0.29, 0.717) is 0 Å². The summed E-state index contributed by atoms with van der Waals surface area (Å²) >= 11 is 1.62. The Bertz CT molecular complexity index is 604. The van der Waals surface area contributed by atoms with Crippen molar-refractivity contribution in [2.75, 3.05) is 13.1 Å². The van der Waals surface area contributed by atoms with E-state index in [4.69, 9.17) is 0 Å². The van der Waals surface area contributed by atoms with Gasteiger partial charge in [0, 0.05) is 36.4 Å². The first kappa shape index (κ1) is 11.9. The molecular formula is C13H17N3OS. The number of piperidine rings is 1. The van der Waals surface area contributed by atoms with Gasteiger partial charge >= 0.3 is 0 Å². The van der Waals surface area contributed by atoms with Crippen LogP contribution in [0.3, 0.4) is 0 Å². The van der Waals surface area contributed by atoms with E-state index in [1.54, 1.807) is 21.9 Å². The van der Waals surface area contributed by atoms with Crippen molar-refractivity contribution in [3.63, 3.8) is 0 Å². The molecule has 0 saturated carbocycles. The van der Waals surface area contributed by atoms with E-state index < -0.39 is 0 Å². The van der Waals surface area contributed by atoms with Crippen molar-refractivity contribution in [1.82, 2.24) is 14.3 Å². The zero-order valence-corrected chi connectivity index (χ0v) is 11.3. The smallest absolute Gasteiger partial charge is 0.258 e. The highest BCUT2D eigenvalue weighted by molar-refractivity contribution is 7.17. The van der Waals surface area contributed by atoms with Gasteiger partial charge in [0.15, 0.2) is 4.96 Å². The predicted molar refractivity (Wildman–Crippen MR) is 73.0 cm³/mol. The summed E-state index contributed by atoms with van der Waals surface area (Å²) in [5, 5.41) is 0. The first-order valence-electron chi connectivity index (χ1n) is 6.41. The summed E-state index contributed by atoms with van der Waals surface area (Å²) in [6.45, 7) is 5.58. The zero-order valence-electron chi connectivity index (χ0n) is 10.5. The predicted octanol–water partition coefficient (Wildman–Crippen LogP) is 1.99. The molecule has 3 heterocycles. The van der Waals surface area contributed by atoms with Crippen LogP contribution in [0.4, 0.5) is 0 Å². The van der Waals surface area contributed by atoms with Crippen molar-refractivity contribution in [2.45, 2.75) is 26.3 Å². The van der Waals surface area contributed by atoms with Crippen LogP contribution >= 0.6 is 11.3 Å². The Morgan fingerprint density at radius 2 is 2.44 bits per heavy atom. The third-order valence-electron chi connectivity index (χ3n) is 3.46. The molecule has 1 unspecified atom stereocenters. The first-order chi connectivity index (χ1) is 8.72. The fourth-order valence-electron chi connectivity index (χ4n) is 2.61. The average molecular weight is 263 g/mol. The topological polar surface area (TPSA) is 37.6 Å². The normalized spacial score (nSPS) is 21.5. The Kier molecular flexibility index (Phi) is 3.18. The van der Waals surface area contributed by atoms with Crippen LogP contribution in [0, 0.1) is 5.92 Å². The molecule has 1 saturated heterocycles. The summed E-state index contributed by atoms with van der Waals surface area (Å²) in [4.78, 5) is 20.4. The summed E-state index contributed by atoms with van der Waals surface area (Å²) < 4.78 is 1.65. The van der Waals surface area contributed by atoms with Crippen molar-refractivity contribution in [2.24, 2.45) is 5.92 Å². The maximum absolute atomic E-state index is 11.7. The van der Waals surface area contributed by atoms with Gasteiger partial charge in [-0.3, -0.25) is 14.1 Å². The first-order valence-corrected chi connectivity index (χ1v) is 7.22. The van der Waals surface area contributed by atoms with Crippen LogP contribution < -0.4 is 5.56 Å². The minimum Gasteiger partial charge on any atom is -0.298 e. The van der Waals surface area contributed by atoms with Gasteiger partial charge in [-0.05, 0) is 25.3 Å². The van der Waals surface area contributed by atoms with Crippen LogP contribution in [0.25, 0.3) is 4.96 Å². The molecule has 18 heavy (non-hydrogen) atoms. The lowest BCUT2D eigenvalue weighted by Gasteiger charge is -2.30. The molecule has 0 aliphatic carbocycles. The second-order valence-electron chi connectivity index (χ2n) is 5.12. The van der Waals surface area contributed by atoms with E-state index >= 15 is 0 Å². The fraction of sp³-hybridized carbons (Fsp3) is 0.538. The van der Waals surface area contributed by atoms with E-state index in [1.807, 2.05) is 6.20 Å². The Hall–Kier alpha value is -1.20. The largest absolute Gasteiger partial charge is 0.298 e. The lowest BCUT2D eigenvalue weighted by molar-refractivity contribution is 0.178. The Morgan fingerprint density at radius 1 is 1.56 bits per heavy atom. The van der Waals surface area contributed by atoms with E-state index in [0.717, 1.165) is 24.0 Å². The number of thiazole rings is 1. The number of aromatic nitrogens is 2. The molecule has 0 spiro atoms. The minimum atomic E-state index is 0.00881. The molecule has 0 aromatic carbocycles. The van der Waals surface area contributed by atoms with Crippen LogP contribution in [0.1, 0.15) is 24.6 Å². The number of hydrogen-bond acceptors (Lipinski definition) is 4. The fourth-order valence-corrected chi connectivity index (χ4v) is 3.60. The Balaban J connectivity index is 1.82. The van der Waals surface area contributed by atoms with Crippen molar-refractivity contribution >= 4 is 16.3 Å². The molecule has 0 amide bonds. The van der Waals surface area contributed by atoms with Gasteiger partial charge in [0.2, 0.25) is 0 Å². The number of rotatable bonds is 2. The highest BCUT2D eigenvalue weighted by Gasteiger charge is 2.17. The Labute approximate surface area is 110 Å². The number of hydrogen-bond donors (Lipinski definition) is 0. The van der Waals surface area contributed by atoms with Gasteiger partial charge in [0.1, 0.15) is 0 Å². The van der Waals surface area contributed by atoms with Gasteiger partial charge in [-0.25, -0.2) is 4.98 Å². The lowest BCUT2D eigenvalue weighted by Crippen LogP contribution is -2.33. The lowest BCUT2D eigenvalue weighted by atomic mass is 10.0.